The van der Waals surface area contributed by atoms with E-state index in [0.717, 1.165) is 18.4 Å². The van der Waals surface area contributed by atoms with Crippen molar-refractivity contribution in [3.8, 4) is 5.75 Å². The molecule has 160 valence electrons. The number of halogens is 1. The van der Waals surface area contributed by atoms with Crippen LogP contribution in [0.1, 0.15) is 32.3 Å². The molecule has 3 rings (SSSR count). The van der Waals surface area contributed by atoms with Gasteiger partial charge in [0, 0.05) is 44.0 Å². The van der Waals surface area contributed by atoms with E-state index in [4.69, 9.17) is 4.74 Å². The molecule has 0 saturated carbocycles. The Balaban J connectivity index is 1.64. The number of benzene rings is 1. The van der Waals surface area contributed by atoms with E-state index in [-0.39, 0.29) is 36.2 Å². The van der Waals surface area contributed by atoms with Crippen LogP contribution in [-0.2, 0) is 16.1 Å². The molecule has 0 N–H and O–H groups in total. The number of hydrogen-bond donors (Lipinski definition) is 0. The van der Waals surface area contributed by atoms with Crippen molar-refractivity contribution in [1.82, 2.24) is 14.8 Å². The predicted octanol–water partition coefficient (Wildman–Crippen LogP) is 3.28. The normalized spacial score (nSPS) is 16.4. The number of hydrogen-bond acceptors (Lipinski definition) is 4. The third-order valence-electron chi connectivity index (χ3n) is 5.22. The fourth-order valence-corrected chi connectivity index (χ4v) is 3.61. The molecule has 1 aromatic heterocycles. The molecule has 2 aromatic rings. The molecule has 1 aliphatic heterocycles. The Bertz CT molecular complexity index is 843. The van der Waals surface area contributed by atoms with E-state index in [2.05, 4.69) is 4.98 Å². The van der Waals surface area contributed by atoms with Crippen LogP contribution in [-0.4, -0.2) is 52.3 Å². The zero-order valence-corrected chi connectivity index (χ0v) is 17.5. The number of likely N-dealkylation sites (tertiary alicyclic amines) is 1. The molecule has 2 amide bonds. The van der Waals surface area contributed by atoms with Crippen LogP contribution in [0.4, 0.5) is 4.39 Å². The molecule has 1 atom stereocenters. The van der Waals surface area contributed by atoms with Crippen molar-refractivity contribution in [3.05, 3.63) is 60.2 Å². The lowest BCUT2D eigenvalue weighted by atomic mass is 10.0. The lowest BCUT2D eigenvalue weighted by Gasteiger charge is -2.40. The SMILES string of the molecule is CC(C)C(=O)N(Cc1cccnc1)C1CCCN(C(=O)COc2ccc(F)cc2)C1. The lowest BCUT2D eigenvalue weighted by molar-refractivity contribution is -0.143. The van der Waals surface area contributed by atoms with E-state index >= 15 is 0 Å². The molecule has 2 heterocycles. The van der Waals surface area contributed by atoms with Gasteiger partial charge in [0.2, 0.25) is 5.91 Å². The second-order valence-electron chi connectivity index (χ2n) is 7.86. The van der Waals surface area contributed by atoms with Crippen molar-refractivity contribution in [3.63, 3.8) is 0 Å². The Morgan fingerprint density at radius 1 is 1.27 bits per heavy atom. The van der Waals surface area contributed by atoms with Gasteiger partial charge in [-0.25, -0.2) is 4.39 Å². The minimum absolute atomic E-state index is 0.0522. The van der Waals surface area contributed by atoms with E-state index in [1.165, 1.54) is 24.3 Å². The fourth-order valence-electron chi connectivity index (χ4n) is 3.61. The quantitative estimate of drug-likeness (QED) is 0.699. The molecule has 0 spiro atoms. The Morgan fingerprint density at radius 2 is 2.03 bits per heavy atom. The van der Waals surface area contributed by atoms with Gasteiger partial charge < -0.3 is 14.5 Å². The highest BCUT2D eigenvalue weighted by atomic mass is 19.1. The standard InChI is InChI=1S/C23H28FN3O3/c1-17(2)23(29)27(14-18-5-3-11-25-13-18)20-6-4-12-26(15-20)22(28)16-30-21-9-7-19(24)8-10-21/h3,5,7-11,13,17,20H,4,6,12,14-16H2,1-2H3. The first-order valence-corrected chi connectivity index (χ1v) is 10.3. The van der Waals surface area contributed by atoms with Crippen LogP contribution in [0.5, 0.6) is 5.75 Å². The molecule has 7 heteroatoms. The van der Waals surface area contributed by atoms with Gasteiger partial charge >= 0.3 is 0 Å². The minimum atomic E-state index is -0.351. The summed E-state index contributed by atoms with van der Waals surface area (Å²) in [5.41, 5.74) is 0.967. The van der Waals surface area contributed by atoms with Gasteiger partial charge in [-0.15, -0.1) is 0 Å². The van der Waals surface area contributed by atoms with Crippen LogP contribution in [0.15, 0.2) is 48.8 Å². The van der Waals surface area contributed by atoms with Gasteiger partial charge in [0.15, 0.2) is 6.61 Å². The monoisotopic (exact) mass is 413 g/mol. The van der Waals surface area contributed by atoms with Crippen LogP contribution < -0.4 is 4.74 Å². The largest absolute Gasteiger partial charge is 0.484 e. The predicted molar refractivity (Wildman–Crippen MR) is 111 cm³/mol. The van der Waals surface area contributed by atoms with Crippen molar-refractivity contribution in [1.29, 1.82) is 0 Å². The summed E-state index contributed by atoms with van der Waals surface area (Å²) in [5.74, 6) is -0.0970. The summed E-state index contributed by atoms with van der Waals surface area (Å²) >= 11 is 0. The number of carbonyl (C=O) groups is 2. The highest BCUT2D eigenvalue weighted by Crippen LogP contribution is 2.21. The van der Waals surface area contributed by atoms with Gasteiger partial charge in [0.1, 0.15) is 11.6 Å². The average molecular weight is 413 g/mol. The van der Waals surface area contributed by atoms with Crippen LogP contribution in [0.3, 0.4) is 0 Å². The molecule has 0 radical (unpaired) electrons. The third kappa shape index (κ3) is 5.78. The van der Waals surface area contributed by atoms with Crippen molar-refractivity contribution in [2.45, 2.75) is 39.3 Å². The van der Waals surface area contributed by atoms with E-state index in [1.807, 2.05) is 30.9 Å². The molecule has 1 unspecified atom stereocenters. The second-order valence-corrected chi connectivity index (χ2v) is 7.86. The van der Waals surface area contributed by atoms with Gasteiger partial charge in [-0.05, 0) is 48.7 Å². The maximum absolute atomic E-state index is 13.0. The van der Waals surface area contributed by atoms with E-state index in [1.54, 1.807) is 17.3 Å². The zero-order chi connectivity index (χ0) is 21.5. The lowest BCUT2D eigenvalue weighted by Crippen LogP contribution is -2.53. The molecule has 1 fully saturated rings. The van der Waals surface area contributed by atoms with Crippen molar-refractivity contribution < 1.29 is 18.7 Å². The molecular weight excluding hydrogens is 385 g/mol. The van der Waals surface area contributed by atoms with E-state index in [0.29, 0.717) is 25.4 Å². The molecule has 1 aliphatic rings. The molecule has 1 saturated heterocycles. The highest BCUT2D eigenvalue weighted by Gasteiger charge is 2.31. The molecular formula is C23H28FN3O3. The fraction of sp³-hybridized carbons (Fsp3) is 0.435. The number of rotatable bonds is 7. The van der Waals surface area contributed by atoms with Gasteiger partial charge in [-0.1, -0.05) is 19.9 Å². The average Bonchev–Trinajstić information content (AvgIpc) is 2.77. The number of amides is 2. The number of nitrogens with zero attached hydrogens (tertiary/aromatic N) is 3. The number of aromatic nitrogens is 1. The molecule has 0 aliphatic carbocycles. The summed E-state index contributed by atoms with van der Waals surface area (Å²) in [6.07, 6.45) is 5.15. The Morgan fingerprint density at radius 3 is 2.70 bits per heavy atom. The first-order valence-electron chi connectivity index (χ1n) is 10.3. The maximum Gasteiger partial charge on any atom is 0.260 e. The summed E-state index contributed by atoms with van der Waals surface area (Å²) in [4.78, 5) is 33.4. The van der Waals surface area contributed by atoms with Crippen molar-refractivity contribution in [2.75, 3.05) is 19.7 Å². The number of carbonyl (C=O) groups excluding carboxylic acids is 2. The minimum Gasteiger partial charge on any atom is -0.484 e. The molecule has 1 aromatic carbocycles. The summed E-state index contributed by atoms with van der Waals surface area (Å²) < 4.78 is 18.5. The Kier molecular flexibility index (Phi) is 7.38. The van der Waals surface area contributed by atoms with E-state index < -0.39 is 0 Å². The smallest absolute Gasteiger partial charge is 0.260 e. The van der Waals surface area contributed by atoms with Gasteiger partial charge in [0.25, 0.3) is 5.91 Å². The zero-order valence-electron chi connectivity index (χ0n) is 17.5. The van der Waals surface area contributed by atoms with Crippen LogP contribution in [0.25, 0.3) is 0 Å². The van der Waals surface area contributed by atoms with Crippen molar-refractivity contribution in [2.24, 2.45) is 5.92 Å². The van der Waals surface area contributed by atoms with E-state index in [9.17, 15) is 14.0 Å². The van der Waals surface area contributed by atoms with Gasteiger partial charge in [-0.2, -0.15) is 0 Å². The number of ether oxygens (including phenoxy) is 1. The highest BCUT2D eigenvalue weighted by molar-refractivity contribution is 5.79. The summed E-state index contributed by atoms with van der Waals surface area (Å²) in [6.45, 7) is 5.26. The first-order chi connectivity index (χ1) is 14.4. The summed E-state index contributed by atoms with van der Waals surface area (Å²) in [5, 5.41) is 0. The second kappa shape index (κ2) is 10.2. The van der Waals surface area contributed by atoms with Crippen LogP contribution in [0, 0.1) is 11.7 Å². The molecule has 6 nitrogen and oxygen atoms in total. The third-order valence-corrected chi connectivity index (χ3v) is 5.22. The Labute approximate surface area is 176 Å². The number of pyridine rings is 1. The summed E-state index contributed by atoms with van der Waals surface area (Å²) in [7, 11) is 0. The topological polar surface area (TPSA) is 62.7 Å². The first kappa shape index (κ1) is 21.7. The molecule has 30 heavy (non-hydrogen) atoms. The summed E-state index contributed by atoms with van der Waals surface area (Å²) in [6, 6.07) is 9.35. The van der Waals surface area contributed by atoms with Gasteiger partial charge in [-0.3, -0.25) is 14.6 Å². The van der Waals surface area contributed by atoms with Crippen molar-refractivity contribution >= 4 is 11.8 Å². The maximum atomic E-state index is 13.0. The molecule has 0 bridgehead atoms. The van der Waals surface area contributed by atoms with Crippen LogP contribution >= 0.6 is 0 Å². The number of piperidine rings is 1. The Hall–Kier alpha value is -2.96. The van der Waals surface area contributed by atoms with Crippen LogP contribution in [0.2, 0.25) is 0 Å². The van der Waals surface area contributed by atoms with Gasteiger partial charge in [0.05, 0.1) is 0 Å².